The van der Waals surface area contributed by atoms with Crippen LogP contribution in [0.3, 0.4) is 0 Å². The molecule has 6 aromatic carbocycles. The second-order valence-electron chi connectivity index (χ2n) is 28.3. The number of aromatic amines is 1. The highest BCUT2D eigenvalue weighted by molar-refractivity contribution is 6.00. The Labute approximate surface area is 614 Å². The van der Waals surface area contributed by atoms with E-state index in [0.717, 1.165) is 118 Å². The zero-order chi connectivity index (χ0) is 74.5. The minimum atomic E-state index is -0.459. The minimum absolute atomic E-state index is 0.00566. The highest BCUT2D eigenvalue weighted by atomic mass is 16.6. The first-order valence-corrected chi connectivity index (χ1v) is 35.4. The Morgan fingerprint density at radius 1 is 0.509 bits per heavy atom. The summed E-state index contributed by atoms with van der Waals surface area (Å²) in [6, 6.07) is 52.1. The zero-order valence-corrected chi connectivity index (χ0v) is 60.3. The number of aliphatic hydroxyl groups excluding tert-OH is 1. The van der Waals surface area contributed by atoms with Crippen molar-refractivity contribution < 1.29 is 38.4 Å². The number of carbonyl (C=O) groups excluding carboxylic acids is 3. The highest BCUT2D eigenvalue weighted by Crippen LogP contribution is 2.39. The molecule has 9 heterocycles. The number of nitrogens with one attached hydrogen (secondary N) is 1. The third kappa shape index (κ3) is 18.4. The van der Waals surface area contributed by atoms with Crippen molar-refractivity contribution in [2.75, 3.05) is 56.5 Å². The number of hydrogen-bond acceptors (Lipinski definition) is 20. The number of anilines is 3. The molecule has 3 saturated heterocycles. The van der Waals surface area contributed by atoms with Gasteiger partial charge in [-0.2, -0.15) is 15.3 Å². The molecule has 3 aliphatic rings. The number of carbonyl (C=O) groups is 3. The lowest BCUT2D eigenvalue weighted by Crippen LogP contribution is -2.44. The predicted octanol–water partition coefficient (Wildman–Crippen LogP) is 14.5. The summed E-state index contributed by atoms with van der Waals surface area (Å²) in [5.74, 6) is 5.85. The zero-order valence-electron chi connectivity index (χ0n) is 60.3. The Balaban J connectivity index is 0.000000139. The summed E-state index contributed by atoms with van der Waals surface area (Å²) < 4.78 is 26.7. The van der Waals surface area contributed by atoms with Crippen molar-refractivity contribution in [1.82, 2.24) is 74.4 Å². The summed E-state index contributed by atoms with van der Waals surface area (Å²) in [6.45, 7) is 19.1. The lowest BCUT2D eigenvalue weighted by molar-refractivity contribution is -0.134. The van der Waals surface area contributed by atoms with Gasteiger partial charge in [0.05, 0.1) is 40.0 Å². The molecule has 3 fully saturated rings. The van der Waals surface area contributed by atoms with Crippen LogP contribution >= 0.6 is 0 Å². The first-order chi connectivity index (χ1) is 51.1. The molecule has 15 rings (SSSR count). The van der Waals surface area contributed by atoms with Crippen molar-refractivity contribution in [2.45, 2.75) is 110 Å². The van der Waals surface area contributed by atoms with Crippen LogP contribution < -0.4 is 31.4 Å². The molecule has 12 aromatic rings. The molecule has 26 heteroatoms. The average molecular weight is 1430 g/mol. The molecule has 3 unspecified atom stereocenters. The molecule has 546 valence electrons. The second-order valence-corrected chi connectivity index (χ2v) is 28.3. The number of aromatic nitrogens is 12. The van der Waals surface area contributed by atoms with E-state index in [1.807, 2.05) is 199 Å². The molecule has 106 heavy (non-hydrogen) atoms. The van der Waals surface area contributed by atoms with Gasteiger partial charge in [-0.3, -0.25) is 14.7 Å². The van der Waals surface area contributed by atoms with Crippen LogP contribution in [-0.2, 0) is 14.3 Å². The highest BCUT2D eigenvalue weighted by Gasteiger charge is 2.32. The van der Waals surface area contributed by atoms with E-state index in [-0.39, 0.29) is 35.4 Å². The number of benzene rings is 6. The first-order valence-electron chi connectivity index (χ1n) is 35.4. The van der Waals surface area contributed by atoms with Gasteiger partial charge in [0.15, 0.2) is 16.9 Å². The number of amides is 3. The molecule has 0 aliphatic carbocycles. The Hall–Kier alpha value is -12.3. The van der Waals surface area contributed by atoms with Gasteiger partial charge in [0, 0.05) is 62.4 Å². The number of para-hydroxylation sites is 3. The normalized spacial score (nSPS) is 16.0. The first kappa shape index (κ1) is 73.4. The summed E-state index contributed by atoms with van der Waals surface area (Å²) in [5, 5.41) is 28.6. The van der Waals surface area contributed by atoms with E-state index in [2.05, 4.69) is 67.5 Å². The Morgan fingerprint density at radius 2 is 0.915 bits per heavy atom. The molecule has 3 atom stereocenters. The average Bonchev–Trinajstić information content (AvgIpc) is 1.62. The molecule has 26 nitrogen and oxygen atoms in total. The maximum absolute atomic E-state index is 12.9. The number of ether oxygens (including phenoxy) is 4. The molecule has 0 radical (unpaired) electrons. The molecule has 8 N–H and O–H groups in total. The van der Waals surface area contributed by atoms with E-state index in [4.69, 9.17) is 46.3 Å². The fraction of sp³-hybridized carbons (Fsp3) is 0.300. The monoisotopic (exact) mass is 1430 g/mol. The summed E-state index contributed by atoms with van der Waals surface area (Å²) in [7, 11) is 0. The molecular weight excluding hydrogens is 1340 g/mol. The van der Waals surface area contributed by atoms with Crippen LogP contribution in [0.1, 0.15) is 98.6 Å². The Morgan fingerprint density at radius 3 is 1.36 bits per heavy atom. The summed E-state index contributed by atoms with van der Waals surface area (Å²) in [6.07, 6.45) is 10.7. The van der Waals surface area contributed by atoms with E-state index in [0.29, 0.717) is 84.6 Å². The van der Waals surface area contributed by atoms with Crippen molar-refractivity contribution in [3.8, 4) is 68.3 Å². The number of rotatable bonds is 13. The lowest BCUT2D eigenvalue weighted by atomic mass is 9.91. The molecule has 0 spiro atoms. The number of piperidine rings is 3. The maximum atomic E-state index is 12.9. The maximum Gasteiger partial charge on any atom is 0.410 e. The number of fused-ring (bicyclic) bond motifs is 3. The lowest BCUT2D eigenvalue weighted by Gasteiger charge is -2.34. The fourth-order valence-corrected chi connectivity index (χ4v) is 12.8. The van der Waals surface area contributed by atoms with Crippen molar-refractivity contribution in [3.63, 3.8) is 0 Å². The smallest absolute Gasteiger partial charge is 0.410 e. The van der Waals surface area contributed by atoms with Crippen molar-refractivity contribution in [3.05, 3.63) is 195 Å². The molecule has 3 aliphatic heterocycles. The molecular formula is C80H88N18O8. The second kappa shape index (κ2) is 33.0. The quantitative estimate of drug-likeness (QED) is 0.0669. The number of hydrogen-bond donors (Lipinski definition) is 5. The number of aliphatic hydroxyl groups is 1. The van der Waals surface area contributed by atoms with Crippen molar-refractivity contribution in [1.29, 1.82) is 0 Å². The van der Waals surface area contributed by atoms with E-state index < -0.39 is 11.7 Å². The largest absolute Gasteiger partial charge is 0.457 e. The van der Waals surface area contributed by atoms with Crippen LogP contribution in [0.25, 0.3) is 66.9 Å². The van der Waals surface area contributed by atoms with Crippen molar-refractivity contribution in [2.24, 2.45) is 5.41 Å². The van der Waals surface area contributed by atoms with Gasteiger partial charge < -0.3 is 56.0 Å². The van der Waals surface area contributed by atoms with Gasteiger partial charge in [0.2, 0.25) is 11.8 Å². The van der Waals surface area contributed by atoms with Crippen LogP contribution in [0.15, 0.2) is 195 Å². The van der Waals surface area contributed by atoms with Gasteiger partial charge in [-0.25, -0.2) is 44.1 Å². The van der Waals surface area contributed by atoms with Gasteiger partial charge in [-0.15, -0.1) is 0 Å². The Bertz CT molecular complexity index is 4970. The third-order valence-electron chi connectivity index (χ3n) is 17.8. The van der Waals surface area contributed by atoms with Gasteiger partial charge in [0.1, 0.15) is 87.9 Å². The third-order valence-corrected chi connectivity index (χ3v) is 17.8. The number of β-amino-alcohol motifs (C(OH)–C–C–N with tert-alkyl or cyclic N) is 1. The van der Waals surface area contributed by atoms with Crippen LogP contribution in [0, 0.1) is 5.41 Å². The van der Waals surface area contributed by atoms with E-state index in [1.165, 1.54) is 25.1 Å². The summed E-state index contributed by atoms with van der Waals surface area (Å²) >= 11 is 0. The molecule has 0 bridgehead atoms. The summed E-state index contributed by atoms with van der Waals surface area (Å²) in [5.41, 5.74) is 24.9. The van der Waals surface area contributed by atoms with Gasteiger partial charge in [-0.05, 0) is 180 Å². The van der Waals surface area contributed by atoms with Crippen molar-refractivity contribution >= 4 is 68.5 Å². The van der Waals surface area contributed by atoms with E-state index in [1.54, 1.807) is 9.80 Å². The van der Waals surface area contributed by atoms with Crippen LogP contribution in [-0.4, -0.2) is 148 Å². The topological polar surface area (TPSA) is 338 Å². The van der Waals surface area contributed by atoms with E-state index >= 15 is 0 Å². The number of nitrogen functional groups attached to an aromatic ring is 3. The SMILES string of the molecule is C=CC(=O)N1CCCC(n2nc(-c3ccc(Oc4ccccc4)cc3)c3c(N)ncnc32)C1.CC(C)(C)CC(=O)N1CCCC(n2nc(-c3ccc(Oc4ccccc4)cc3)c3c(N)ncnc32)C1.CC(C)(C)OC(=O)N1CCCC(O)C1.Nc1ncnc2n[nH]c(-c3ccc(Oc4ccccc4)cc3)c12. The molecule has 3 amide bonds. The Kier molecular flexibility index (Phi) is 22.8. The number of nitrogens with zero attached hydrogens (tertiary/aromatic N) is 14. The molecule has 6 aromatic heterocycles. The van der Waals surface area contributed by atoms with Crippen LogP contribution in [0.4, 0.5) is 22.2 Å². The number of likely N-dealkylation sites (tertiary alicyclic amines) is 3. The fourth-order valence-electron chi connectivity index (χ4n) is 12.8. The van der Waals surface area contributed by atoms with Gasteiger partial charge in [0.25, 0.3) is 0 Å². The van der Waals surface area contributed by atoms with Gasteiger partial charge >= 0.3 is 6.09 Å². The minimum Gasteiger partial charge on any atom is -0.457 e. The van der Waals surface area contributed by atoms with Gasteiger partial charge in [-0.1, -0.05) is 81.9 Å². The van der Waals surface area contributed by atoms with Crippen LogP contribution in [0.2, 0.25) is 0 Å². The number of H-pyrrole nitrogens is 1. The molecule has 0 saturated carbocycles. The predicted molar refractivity (Wildman–Crippen MR) is 408 cm³/mol. The van der Waals surface area contributed by atoms with E-state index in [9.17, 15) is 19.5 Å². The standard InChI is InChI=1S/C28H32N6O2.C25H24N6O2.C17H13N5O.C10H19NO3/c1-28(2,3)16-23(35)33-15-7-8-20(17-33)34-27-24(26(29)30-18-31-27)25(32-34)19-11-13-22(14-12-19)36-21-9-5-4-6-10-21;1-2-21(32)30-14-6-7-18(15-30)31-25-22(24(26)27-16-28-25)23(29-31)17-10-12-20(13-11-17)33-19-8-4-3-5-9-19;18-16-14-15(21-22-17(14)20-10-19-16)11-6-8-13(9-7-11)23-12-4-2-1-3-5-12;1-10(2,3)14-9(13)11-6-4-5-8(12)7-11/h4-6,9-14,18,20H,7-8,15-17H2,1-3H3,(H2,29,30,31);2-5,8-13,16,18H,1,6-7,14-15H2,(H2,26,27,28);1-10H,(H3,18,19,20,21,22);8,12H,4-7H2,1-3H3. The van der Waals surface area contributed by atoms with Crippen LogP contribution in [0.5, 0.6) is 34.5 Å². The summed E-state index contributed by atoms with van der Waals surface area (Å²) in [4.78, 5) is 67.6. The number of nitrogens with two attached hydrogens (primary N) is 3.